The lowest BCUT2D eigenvalue weighted by Crippen LogP contribution is -2.29. The van der Waals surface area contributed by atoms with E-state index >= 15 is 0 Å². The van der Waals surface area contributed by atoms with Crippen LogP contribution in [0.25, 0.3) is 5.69 Å². The predicted octanol–water partition coefficient (Wildman–Crippen LogP) is 4.18. The molecule has 4 rings (SSSR count). The first kappa shape index (κ1) is 20.1. The van der Waals surface area contributed by atoms with Crippen LogP contribution >= 0.6 is 12.2 Å². The van der Waals surface area contributed by atoms with E-state index in [1.54, 1.807) is 18.3 Å². The van der Waals surface area contributed by atoms with Crippen molar-refractivity contribution in [3.05, 3.63) is 82.9 Å². The van der Waals surface area contributed by atoms with Crippen molar-refractivity contribution in [2.24, 2.45) is 0 Å². The summed E-state index contributed by atoms with van der Waals surface area (Å²) in [4.78, 5) is 18.5. The number of likely N-dealkylation sites (N-methyl/N-ethyl adjacent to an activating group) is 1. The summed E-state index contributed by atoms with van der Waals surface area (Å²) >= 11 is 5.63. The molecule has 1 aliphatic heterocycles. The smallest absolute Gasteiger partial charge is 0.337 e. The van der Waals surface area contributed by atoms with E-state index in [0.29, 0.717) is 10.8 Å². The van der Waals surface area contributed by atoms with Crippen LogP contribution in [0.4, 0.5) is 0 Å². The third-order valence-corrected chi connectivity index (χ3v) is 6.06. The number of pyridine rings is 1. The molecule has 6 nitrogen and oxygen atoms in total. The number of carboxylic acids is 1. The van der Waals surface area contributed by atoms with Gasteiger partial charge in [0.05, 0.1) is 29.0 Å². The Bertz CT molecular complexity index is 1110. The van der Waals surface area contributed by atoms with Gasteiger partial charge in [0, 0.05) is 24.1 Å². The average Bonchev–Trinajstić information content (AvgIpc) is 3.23. The Morgan fingerprint density at radius 1 is 1.20 bits per heavy atom. The Balaban J connectivity index is 1.87. The zero-order chi connectivity index (χ0) is 21.4. The Kier molecular flexibility index (Phi) is 5.30. The fraction of sp³-hybridized carbons (Fsp3) is 0.261. The van der Waals surface area contributed by atoms with Crippen molar-refractivity contribution in [3.8, 4) is 5.69 Å². The monoisotopic (exact) mass is 420 g/mol. The van der Waals surface area contributed by atoms with Crippen LogP contribution in [0.1, 0.15) is 52.0 Å². The second-order valence-corrected chi connectivity index (χ2v) is 7.78. The van der Waals surface area contributed by atoms with Gasteiger partial charge in [0.1, 0.15) is 0 Å². The molecule has 0 saturated carbocycles. The summed E-state index contributed by atoms with van der Waals surface area (Å²) in [6, 6.07) is 15.0. The number of para-hydroxylation sites is 1. The molecule has 0 spiro atoms. The Morgan fingerprint density at radius 3 is 2.60 bits per heavy atom. The van der Waals surface area contributed by atoms with Crippen LogP contribution in [-0.4, -0.2) is 37.2 Å². The minimum absolute atomic E-state index is 0.0330. The Labute approximate surface area is 181 Å². The summed E-state index contributed by atoms with van der Waals surface area (Å²) in [5.74, 6) is -0.940. The van der Waals surface area contributed by atoms with Crippen molar-refractivity contribution in [2.75, 3.05) is 6.54 Å². The number of carboxylic acid groups (broad SMARTS) is 1. The van der Waals surface area contributed by atoms with E-state index in [1.807, 2.05) is 48.7 Å². The molecule has 3 heterocycles. The molecule has 2 atom stereocenters. The fourth-order valence-corrected chi connectivity index (χ4v) is 4.76. The largest absolute Gasteiger partial charge is 0.478 e. The maximum atomic E-state index is 11.8. The summed E-state index contributed by atoms with van der Waals surface area (Å²) in [6.45, 7) is 6.88. The number of hydrogen-bond donors (Lipinski definition) is 2. The zero-order valence-electron chi connectivity index (χ0n) is 17.2. The molecule has 1 aliphatic rings. The summed E-state index contributed by atoms with van der Waals surface area (Å²) < 4.78 is 2.02. The van der Waals surface area contributed by atoms with Crippen molar-refractivity contribution >= 4 is 23.3 Å². The molecule has 2 aromatic heterocycles. The van der Waals surface area contributed by atoms with Crippen LogP contribution in [0, 0.1) is 13.8 Å². The third-order valence-electron chi connectivity index (χ3n) is 5.70. The highest BCUT2D eigenvalue weighted by Crippen LogP contribution is 2.41. The fourth-order valence-electron chi connectivity index (χ4n) is 4.39. The number of benzene rings is 1. The van der Waals surface area contributed by atoms with Crippen LogP contribution in [0.3, 0.4) is 0 Å². The molecule has 1 saturated heterocycles. The highest BCUT2D eigenvalue weighted by molar-refractivity contribution is 7.80. The van der Waals surface area contributed by atoms with Crippen molar-refractivity contribution in [2.45, 2.75) is 32.9 Å². The van der Waals surface area contributed by atoms with Gasteiger partial charge in [-0.1, -0.05) is 18.2 Å². The van der Waals surface area contributed by atoms with Crippen LogP contribution in [-0.2, 0) is 0 Å². The maximum absolute atomic E-state index is 11.8. The summed E-state index contributed by atoms with van der Waals surface area (Å²) in [5.41, 5.74) is 4.95. The minimum atomic E-state index is -0.940. The van der Waals surface area contributed by atoms with E-state index in [-0.39, 0.29) is 17.6 Å². The SMILES string of the molecule is CCN1C(=S)N[C@H](c2ccccn2)[C@H]1c1cc(C)n(-c2ccccc2C(=O)O)c1C. The second-order valence-electron chi connectivity index (χ2n) is 7.40. The van der Waals surface area contributed by atoms with Crippen LogP contribution in [0.2, 0.25) is 0 Å². The maximum Gasteiger partial charge on any atom is 0.337 e. The molecular weight excluding hydrogens is 396 g/mol. The van der Waals surface area contributed by atoms with Gasteiger partial charge in [0.15, 0.2) is 5.11 Å². The van der Waals surface area contributed by atoms with Crippen molar-refractivity contribution in [1.29, 1.82) is 0 Å². The molecule has 2 N–H and O–H groups in total. The minimum Gasteiger partial charge on any atom is -0.478 e. The van der Waals surface area contributed by atoms with Crippen LogP contribution in [0.15, 0.2) is 54.7 Å². The van der Waals surface area contributed by atoms with Gasteiger partial charge in [0.25, 0.3) is 0 Å². The van der Waals surface area contributed by atoms with E-state index in [2.05, 4.69) is 28.2 Å². The number of aromatic nitrogens is 2. The first-order valence-corrected chi connectivity index (χ1v) is 10.3. The van der Waals surface area contributed by atoms with Gasteiger partial charge in [-0.2, -0.15) is 0 Å². The number of nitrogens with zero attached hydrogens (tertiary/aromatic N) is 3. The number of hydrogen-bond acceptors (Lipinski definition) is 3. The topological polar surface area (TPSA) is 70.4 Å². The van der Waals surface area contributed by atoms with Gasteiger partial charge in [-0.15, -0.1) is 0 Å². The predicted molar refractivity (Wildman–Crippen MR) is 120 cm³/mol. The normalized spacial score (nSPS) is 18.5. The quantitative estimate of drug-likeness (QED) is 0.604. The molecule has 7 heteroatoms. The Hall–Kier alpha value is -3.19. The van der Waals surface area contributed by atoms with Crippen molar-refractivity contribution < 1.29 is 9.90 Å². The number of thiocarbonyl (C=S) groups is 1. The second kappa shape index (κ2) is 7.91. The summed E-state index contributed by atoms with van der Waals surface area (Å²) in [5, 5.41) is 13.8. The van der Waals surface area contributed by atoms with Gasteiger partial charge in [-0.25, -0.2) is 4.79 Å². The van der Waals surface area contributed by atoms with E-state index in [1.165, 1.54) is 0 Å². The Morgan fingerprint density at radius 2 is 1.93 bits per heavy atom. The van der Waals surface area contributed by atoms with E-state index in [9.17, 15) is 9.90 Å². The van der Waals surface area contributed by atoms with Gasteiger partial charge in [0.2, 0.25) is 0 Å². The van der Waals surface area contributed by atoms with Gasteiger partial charge >= 0.3 is 5.97 Å². The number of aryl methyl sites for hydroxylation is 1. The van der Waals surface area contributed by atoms with Gasteiger partial charge in [-0.05, 0) is 68.9 Å². The standard InChI is InChI=1S/C23H24N4O2S/c1-4-26-21(20(25-23(26)30)18-10-7-8-12-24-18)17-13-14(2)27(15(17)3)19-11-6-5-9-16(19)22(28)29/h5-13,20-21H,4H2,1-3H3,(H,25,30)(H,28,29)/t20-,21-/m1/s1. The number of rotatable bonds is 5. The molecule has 0 amide bonds. The first-order valence-electron chi connectivity index (χ1n) is 9.93. The molecule has 0 bridgehead atoms. The zero-order valence-corrected chi connectivity index (χ0v) is 18.0. The molecule has 1 fully saturated rings. The molecular formula is C23H24N4O2S. The average molecular weight is 421 g/mol. The lowest BCUT2D eigenvalue weighted by molar-refractivity contribution is 0.0697. The van der Waals surface area contributed by atoms with Crippen molar-refractivity contribution in [3.63, 3.8) is 0 Å². The van der Waals surface area contributed by atoms with E-state index < -0.39 is 5.97 Å². The molecule has 1 aromatic carbocycles. The molecule has 3 aromatic rings. The van der Waals surface area contributed by atoms with Gasteiger partial charge in [-0.3, -0.25) is 4.98 Å². The number of aromatic carboxylic acids is 1. The van der Waals surface area contributed by atoms with Gasteiger partial charge < -0.3 is 19.9 Å². The first-order chi connectivity index (χ1) is 14.4. The molecule has 0 aliphatic carbocycles. The molecule has 30 heavy (non-hydrogen) atoms. The van der Waals surface area contributed by atoms with E-state index in [0.717, 1.165) is 29.2 Å². The molecule has 0 unspecified atom stereocenters. The number of carbonyl (C=O) groups is 1. The van der Waals surface area contributed by atoms with E-state index in [4.69, 9.17) is 12.2 Å². The van der Waals surface area contributed by atoms with Crippen LogP contribution < -0.4 is 5.32 Å². The third kappa shape index (κ3) is 3.25. The molecule has 154 valence electrons. The number of nitrogens with one attached hydrogen (secondary N) is 1. The lowest BCUT2D eigenvalue weighted by atomic mass is 9.97. The highest BCUT2D eigenvalue weighted by Gasteiger charge is 2.40. The van der Waals surface area contributed by atoms with Crippen LogP contribution in [0.5, 0.6) is 0 Å². The summed E-state index contributed by atoms with van der Waals surface area (Å²) in [7, 11) is 0. The highest BCUT2D eigenvalue weighted by atomic mass is 32.1. The van der Waals surface area contributed by atoms with Crippen molar-refractivity contribution in [1.82, 2.24) is 19.8 Å². The summed E-state index contributed by atoms with van der Waals surface area (Å²) in [6.07, 6.45) is 1.79. The molecule has 0 radical (unpaired) electrons. The lowest BCUT2D eigenvalue weighted by Gasteiger charge is -2.27.